The fourth-order valence-electron chi connectivity index (χ4n) is 2.03. The lowest BCUT2D eigenvalue weighted by Gasteiger charge is -2.03. The maximum absolute atomic E-state index is 12.4. The maximum Gasteiger partial charge on any atom is 0.470 e. The van der Waals surface area contributed by atoms with Gasteiger partial charge in [0.15, 0.2) is 5.82 Å². The minimum atomic E-state index is -4.68. The Morgan fingerprint density at radius 3 is 2.68 bits per heavy atom. The highest BCUT2D eigenvalue weighted by Gasteiger charge is 2.37. The van der Waals surface area contributed by atoms with Crippen molar-refractivity contribution in [2.24, 2.45) is 0 Å². The Hall–Kier alpha value is -3.17. The minimum Gasteiger partial charge on any atom is -0.497 e. The normalized spacial score (nSPS) is 12.0. The molecule has 130 valence electrons. The van der Waals surface area contributed by atoms with Crippen LogP contribution in [-0.2, 0) is 6.18 Å². The quantitative estimate of drug-likeness (QED) is 0.718. The monoisotopic (exact) mass is 351 g/mol. The fraction of sp³-hybridized carbons (Fsp3) is 0.200. The molecule has 0 aliphatic rings. The molecule has 7 nitrogen and oxygen atoms in total. The molecule has 2 heterocycles. The number of aromatic nitrogens is 5. The van der Waals surface area contributed by atoms with E-state index in [1.165, 1.54) is 23.3 Å². The van der Waals surface area contributed by atoms with Crippen molar-refractivity contribution in [3.63, 3.8) is 0 Å². The van der Waals surface area contributed by atoms with Crippen molar-refractivity contribution in [1.82, 2.24) is 25.0 Å². The van der Waals surface area contributed by atoms with Gasteiger partial charge in [-0.2, -0.15) is 13.2 Å². The summed E-state index contributed by atoms with van der Waals surface area (Å²) >= 11 is 0. The number of methoxy groups -OCH3 is 1. The SMILES string of the molecule is COc1cc(C)cc(-c2ncn(/C=C\c3nnc(C(F)(F)F)o3)n2)c1. The van der Waals surface area contributed by atoms with E-state index in [9.17, 15) is 13.2 Å². The van der Waals surface area contributed by atoms with E-state index < -0.39 is 12.1 Å². The van der Waals surface area contributed by atoms with E-state index >= 15 is 0 Å². The molecular weight excluding hydrogens is 339 g/mol. The van der Waals surface area contributed by atoms with Crippen LogP contribution in [0.25, 0.3) is 23.7 Å². The predicted octanol–water partition coefficient (Wildman–Crippen LogP) is 3.29. The van der Waals surface area contributed by atoms with Gasteiger partial charge in [-0.25, -0.2) is 9.67 Å². The van der Waals surface area contributed by atoms with E-state index in [1.807, 2.05) is 19.1 Å². The Bertz CT molecular complexity index is 914. The number of rotatable bonds is 4. The molecule has 0 fully saturated rings. The number of hydrogen-bond acceptors (Lipinski definition) is 6. The van der Waals surface area contributed by atoms with Crippen LogP contribution in [0.15, 0.2) is 28.9 Å². The molecule has 0 saturated carbocycles. The number of ether oxygens (including phenoxy) is 1. The third-order valence-electron chi connectivity index (χ3n) is 3.11. The standard InChI is InChI=1S/C15H12F3N5O2/c1-9-5-10(7-11(6-9)24-2)13-19-8-23(22-13)4-3-12-20-21-14(25-12)15(16,17)18/h3-8H,1-2H3/b4-3-. The van der Waals surface area contributed by atoms with Gasteiger partial charge in [0.25, 0.3) is 0 Å². The molecule has 0 unspecified atom stereocenters. The van der Waals surface area contributed by atoms with Crippen LogP contribution in [0.1, 0.15) is 17.3 Å². The molecule has 0 saturated heterocycles. The molecule has 2 aromatic heterocycles. The van der Waals surface area contributed by atoms with Crippen molar-refractivity contribution in [1.29, 1.82) is 0 Å². The summed E-state index contributed by atoms with van der Waals surface area (Å²) in [5.41, 5.74) is 1.73. The van der Waals surface area contributed by atoms with Gasteiger partial charge in [0, 0.05) is 17.8 Å². The zero-order valence-corrected chi connectivity index (χ0v) is 13.2. The van der Waals surface area contributed by atoms with Gasteiger partial charge in [0.05, 0.1) is 7.11 Å². The van der Waals surface area contributed by atoms with E-state index in [2.05, 4.69) is 24.7 Å². The van der Waals surface area contributed by atoms with Crippen molar-refractivity contribution in [2.75, 3.05) is 7.11 Å². The van der Waals surface area contributed by atoms with Crippen LogP contribution < -0.4 is 4.74 Å². The van der Waals surface area contributed by atoms with Crippen LogP contribution in [0, 0.1) is 6.92 Å². The fourth-order valence-corrected chi connectivity index (χ4v) is 2.03. The molecule has 10 heteroatoms. The first-order valence-electron chi connectivity index (χ1n) is 7.01. The molecule has 0 atom stereocenters. The molecule has 0 aliphatic heterocycles. The van der Waals surface area contributed by atoms with Crippen molar-refractivity contribution >= 4 is 12.3 Å². The second kappa shape index (κ2) is 6.38. The van der Waals surface area contributed by atoms with E-state index in [1.54, 1.807) is 13.2 Å². The molecule has 0 aliphatic carbocycles. The zero-order valence-electron chi connectivity index (χ0n) is 13.2. The Kier molecular flexibility index (Phi) is 4.26. The third-order valence-corrected chi connectivity index (χ3v) is 3.11. The molecule has 1 aromatic carbocycles. The first-order valence-corrected chi connectivity index (χ1v) is 7.01. The Morgan fingerprint density at radius 1 is 1.20 bits per heavy atom. The highest BCUT2D eigenvalue weighted by molar-refractivity contribution is 5.60. The summed E-state index contributed by atoms with van der Waals surface area (Å²) in [4.78, 5) is 4.16. The number of hydrogen-bond donors (Lipinski definition) is 0. The highest BCUT2D eigenvalue weighted by Crippen LogP contribution is 2.28. The van der Waals surface area contributed by atoms with Crippen LogP contribution >= 0.6 is 0 Å². The summed E-state index contributed by atoms with van der Waals surface area (Å²) in [6.07, 6.45) is -0.708. The average molecular weight is 351 g/mol. The summed E-state index contributed by atoms with van der Waals surface area (Å²) in [7, 11) is 1.56. The highest BCUT2D eigenvalue weighted by atomic mass is 19.4. The van der Waals surface area contributed by atoms with Gasteiger partial charge in [-0.15, -0.1) is 15.3 Å². The second-order valence-corrected chi connectivity index (χ2v) is 5.05. The van der Waals surface area contributed by atoms with Crippen LogP contribution in [0.3, 0.4) is 0 Å². The van der Waals surface area contributed by atoms with Gasteiger partial charge < -0.3 is 9.15 Å². The van der Waals surface area contributed by atoms with Gasteiger partial charge in [-0.05, 0) is 30.7 Å². The van der Waals surface area contributed by atoms with E-state index in [0.29, 0.717) is 11.6 Å². The van der Waals surface area contributed by atoms with Crippen LogP contribution in [0.2, 0.25) is 0 Å². The first kappa shape index (κ1) is 16.7. The summed E-state index contributed by atoms with van der Waals surface area (Å²) in [5, 5.41) is 10.4. The van der Waals surface area contributed by atoms with Crippen LogP contribution in [0.4, 0.5) is 13.2 Å². The summed E-state index contributed by atoms with van der Waals surface area (Å²) in [6, 6.07) is 5.54. The summed E-state index contributed by atoms with van der Waals surface area (Å²) < 4.78 is 48.2. The third kappa shape index (κ3) is 3.84. The zero-order chi connectivity index (χ0) is 18.0. The molecule has 0 radical (unpaired) electrons. The van der Waals surface area contributed by atoms with Gasteiger partial charge in [-0.1, -0.05) is 0 Å². The average Bonchev–Trinajstić information content (AvgIpc) is 3.21. The number of aryl methyl sites for hydroxylation is 1. The van der Waals surface area contributed by atoms with E-state index in [4.69, 9.17) is 4.74 Å². The smallest absolute Gasteiger partial charge is 0.470 e. The summed E-state index contributed by atoms with van der Waals surface area (Å²) in [5.74, 6) is -0.583. The Balaban J connectivity index is 1.80. The number of halogens is 3. The van der Waals surface area contributed by atoms with Gasteiger partial charge in [0.2, 0.25) is 5.89 Å². The summed E-state index contributed by atoms with van der Waals surface area (Å²) in [6.45, 7) is 1.91. The Morgan fingerprint density at radius 2 is 2.00 bits per heavy atom. The van der Waals surface area contributed by atoms with E-state index in [0.717, 1.165) is 11.1 Å². The molecule has 0 bridgehead atoms. The molecular formula is C15H12F3N5O2. The lowest BCUT2D eigenvalue weighted by molar-refractivity contribution is -0.157. The molecule has 0 spiro atoms. The maximum atomic E-state index is 12.4. The lowest BCUT2D eigenvalue weighted by atomic mass is 10.1. The Labute approximate surface area is 139 Å². The predicted molar refractivity (Wildman–Crippen MR) is 81.3 cm³/mol. The largest absolute Gasteiger partial charge is 0.497 e. The molecule has 3 aromatic rings. The molecule has 25 heavy (non-hydrogen) atoms. The van der Waals surface area contributed by atoms with Crippen LogP contribution in [-0.4, -0.2) is 32.1 Å². The minimum absolute atomic E-state index is 0.290. The lowest BCUT2D eigenvalue weighted by Crippen LogP contribution is -2.04. The topological polar surface area (TPSA) is 78.9 Å². The van der Waals surface area contributed by atoms with Crippen molar-refractivity contribution < 1.29 is 22.3 Å². The number of alkyl halides is 3. The van der Waals surface area contributed by atoms with Gasteiger partial charge in [-0.3, -0.25) is 0 Å². The van der Waals surface area contributed by atoms with Gasteiger partial charge >= 0.3 is 12.1 Å². The van der Waals surface area contributed by atoms with Crippen molar-refractivity contribution in [3.8, 4) is 17.1 Å². The molecule has 0 amide bonds. The van der Waals surface area contributed by atoms with Crippen molar-refractivity contribution in [3.05, 3.63) is 41.9 Å². The number of nitrogens with zero attached hydrogens (tertiary/aromatic N) is 5. The second-order valence-electron chi connectivity index (χ2n) is 5.05. The molecule has 0 N–H and O–H groups in total. The van der Waals surface area contributed by atoms with E-state index in [-0.39, 0.29) is 5.89 Å². The first-order chi connectivity index (χ1) is 11.8. The molecule has 3 rings (SSSR count). The van der Waals surface area contributed by atoms with Crippen LogP contribution in [0.5, 0.6) is 5.75 Å². The van der Waals surface area contributed by atoms with Crippen molar-refractivity contribution in [2.45, 2.75) is 13.1 Å². The number of benzene rings is 1. The van der Waals surface area contributed by atoms with Gasteiger partial charge in [0.1, 0.15) is 12.1 Å².